The molecule has 0 saturated carbocycles. The summed E-state index contributed by atoms with van der Waals surface area (Å²) in [4.78, 5) is 0. The first-order valence-corrected chi connectivity index (χ1v) is 5.60. The highest BCUT2D eigenvalue weighted by Gasteiger charge is 2.21. The zero-order chi connectivity index (χ0) is 11.8. The predicted octanol–water partition coefficient (Wildman–Crippen LogP) is 3.68. The fraction of sp³-hybridized carbons (Fsp3) is 0.357. The fourth-order valence-corrected chi connectivity index (χ4v) is 1.94. The lowest BCUT2D eigenvalue weighted by Crippen LogP contribution is -2.13. The van der Waals surface area contributed by atoms with Gasteiger partial charge >= 0.3 is 0 Å². The predicted molar refractivity (Wildman–Crippen MR) is 67.5 cm³/mol. The van der Waals surface area contributed by atoms with E-state index < -0.39 is 0 Å². The standard InChI is InChI=1S/C14H18N2/c1-10-7-5-6-8-11(10)12-9-15-16-13(12)14(2,3)4/h5-9H,1-4H3,(H,15,16). The lowest BCUT2D eigenvalue weighted by Gasteiger charge is -2.19. The minimum absolute atomic E-state index is 0.0914. The molecule has 0 spiro atoms. The second-order valence-corrected chi connectivity index (χ2v) is 5.22. The number of aromatic nitrogens is 2. The van der Waals surface area contributed by atoms with E-state index in [-0.39, 0.29) is 5.41 Å². The number of benzene rings is 1. The van der Waals surface area contributed by atoms with E-state index >= 15 is 0 Å². The summed E-state index contributed by atoms with van der Waals surface area (Å²) in [5.74, 6) is 0. The molecule has 2 nitrogen and oxygen atoms in total. The van der Waals surface area contributed by atoms with E-state index in [0.29, 0.717) is 0 Å². The average Bonchev–Trinajstić information content (AvgIpc) is 2.66. The molecule has 0 aliphatic carbocycles. The summed E-state index contributed by atoms with van der Waals surface area (Å²) in [6.45, 7) is 8.72. The van der Waals surface area contributed by atoms with Crippen LogP contribution in [0.2, 0.25) is 0 Å². The van der Waals surface area contributed by atoms with Crippen LogP contribution in [0.15, 0.2) is 30.5 Å². The normalized spacial score (nSPS) is 11.8. The van der Waals surface area contributed by atoms with Gasteiger partial charge in [-0.3, -0.25) is 5.10 Å². The molecule has 0 aliphatic rings. The van der Waals surface area contributed by atoms with Gasteiger partial charge in [0.25, 0.3) is 0 Å². The van der Waals surface area contributed by atoms with Gasteiger partial charge in [0.15, 0.2) is 0 Å². The molecule has 0 radical (unpaired) electrons. The summed E-state index contributed by atoms with van der Waals surface area (Å²) >= 11 is 0. The van der Waals surface area contributed by atoms with Gasteiger partial charge in [-0.15, -0.1) is 0 Å². The van der Waals surface area contributed by atoms with Crippen LogP contribution in [0.4, 0.5) is 0 Å². The highest BCUT2D eigenvalue weighted by molar-refractivity contribution is 5.69. The molecule has 1 N–H and O–H groups in total. The first kappa shape index (κ1) is 10.9. The molecule has 1 heterocycles. The van der Waals surface area contributed by atoms with E-state index in [0.717, 1.165) is 0 Å². The van der Waals surface area contributed by atoms with Crippen molar-refractivity contribution in [2.75, 3.05) is 0 Å². The Labute approximate surface area is 96.7 Å². The first-order valence-electron chi connectivity index (χ1n) is 5.60. The maximum Gasteiger partial charge on any atom is 0.0569 e. The Bertz CT molecular complexity index is 489. The second kappa shape index (κ2) is 3.78. The molecule has 0 bridgehead atoms. The van der Waals surface area contributed by atoms with Gasteiger partial charge in [0.1, 0.15) is 0 Å². The first-order chi connectivity index (χ1) is 7.50. The van der Waals surface area contributed by atoms with Gasteiger partial charge < -0.3 is 0 Å². The highest BCUT2D eigenvalue weighted by Crippen LogP contribution is 2.32. The number of H-pyrrole nitrogens is 1. The largest absolute Gasteiger partial charge is 0.281 e. The molecule has 1 aromatic heterocycles. The van der Waals surface area contributed by atoms with Crippen LogP contribution in [-0.4, -0.2) is 10.2 Å². The Kier molecular flexibility index (Phi) is 2.58. The number of hydrogen-bond acceptors (Lipinski definition) is 1. The van der Waals surface area contributed by atoms with E-state index in [4.69, 9.17) is 0 Å². The number of nitrogens with zero attached hydrogens (tertiary/aromatic N) is 1. The zero-order valence-electron chi connectivity index (χ0n) is 10.3. The van der Waals surface area contributed by atoms with Crippen molar-refractivity contribution < 1.29 is 0 Å². The van der Waals surface area contributed by atoms with E-state index in [1.54, 1.807) is 0 Å². The molecule has 2 heteroatoms. The van der Waals surface area contributed by atoms with Gasteiger partial charge in [0, 0.05) is 16.7 Å². The molecular weight excluding hydrogens is 196 g/mol. The number of nitrogens with one attached hydrogen (secondary N) is 1. The number of aromatic amines is 1. The molecule has 0 unspecified atom stereocenters. The highest BCUT2D eigenvalue weighted by atomic mass is 15.1. The Hall–Kier alpha value is -1.57. The van der Waals surface area contributed by atoms with Crippen molar-refractivity contribution in [2.45, 2.75) is 33.1 Å². The van der Waals surface area contributed by atoms with Gasteiger partial charge in [-0.25, -0.2) is 0 Å². The molecular formula is C14H18N2. The van der Waals surface area contributed by atoms with Crippen molar-refractivity contribution in [2.24, 2.45) is 0 Å². The lowest BCUT2D eigenvalue weighted by atomic mass is 9.86. The van der Waals surface area contributed by atoms with Crippen molar-refractivity contribution in [3.05, 3.63) is 41.7 Å². The zero-order valence-corrected chi connectivity index (χ0v) is 10.3. The van der Waals surface area contributed by atoms with Gasteiger partial charge in [-0.2, -0.15) is 5.10 Å². The van der Waals surface area contributed by atoms with Crippen LogP contribution in [0, 0.1) is 6.92 Å². The smallest absolute Gasteiger partial charge is 0.0569 e. The summed E-state index contributed by atoms with van der Waals surface area (Å²) in [5, 5.41) is 7.30. The Morgan fingerprint density at radius 1 is 1.06 bits per heavy atom. The minimum atomic E-state index is 0.0914. The third-order valence-electron chi connectivity index (χ3n) is 2.82. The molecule has 2 aromatic rings. The van der Waals surface area contributed by atoms with Crippen LogP contribution in [0.3, 0.4) is 0 Å². The number of aryl methyl sites for hydroxylation is 1. The summed E-state index contributed by atoms with van der Waals surface area (Å²) < 4.78 is 0. The SMILES string of the molecule is Cc1ccccc1-c1cn[nH]c1C(C)(C)C. The van der Waals surface area contributed by atoms with E-state index in [2.05, 4.69) is 62.2 Å². The van der Waals surface area contributed by atoms with Crippen molar-refractivity contribution in [1.29, 1.82) is 0 Å². The van der Waals surface area contributed by atoms with Crippen molar-refractivity contribution in [3.8, 4) is 11.1 Å². The van der Waals surface area contributed by atoms with Gasteiger partial charge in [-0.05, 0) is 18.1 Å². The topological polar surface area (TPSA) is 28.7 Å². The molecule has 2 rings (SSSR count). The van der Waals surface area contributed by atoms with Crippen LogP contribution < -0.4 is 0 Å². The molecule has 1 aromatic carbocycles. The molecule has 16 heavy (non-hydrogen) atoms. The van der Waals surface area contributed by atoms with Crippen LogP contribution in [-0.2, 0) is 5.41 Å². The summed E-state index contributed by atoms with van der Waals surface area (Å²) in [7, 11) is 0. The van der Waals surface area contributed by atoms with Gasteiger partial charge in [0.2, 0.25) is 0 Å². The van der Waals surface area contributed by atoms with Crippen molar-refractivity contribution in [1.82, 2.24) is 10.2 Å². The molecule has 0 aliphatic heterocycles. The summed E-state index contributed by atoms with van der Waals surface area (Å²) in [5.41, 5.74) is 5.05. The number of rotatable bonds is 1. The van der Waals surface area contributed by atoms with Gasteiger partial charge in [-0.1, -0.05) is 45.0 Å². The van der Waals surface area contributed by atoms with Crippen LogP contribution >= 0.6 is 0 Å². The minimum Gasteiger partial charge on any atom is -0.281 e. The Morgan fingerprint density at radius 2 is 1.75 bits per heavy atom. The fourth-order valence-electron chi connectivity index (χ4n) is 1.94. The maximum atomic E-state index is 4.18. The number of hydrogen-bond donors (Lipinski definition) is 1. The maximum absolute atomic E-state index is 4.18. The Balaban J connectivity index is 2.58. The molecule has 84 valence electrons. The van der Waals surface area contributed by atoms with Crippen LogP contribution in [0.1, 0.15) is 32.0 Å². The lowest BCUT2D eigenvalue weighted by molar-refractivity contribution is 0.568. The monoisotopic (exact) mass is 214 g/mol. The second-order valence-electron chi connectivity index (χ2n) is 5.22. The molecule has 0 atom stereocenters. The van der Waals surface area contributed by atoms with E-state index in [9.17, 15) is 0 Å². The molecule has 0 fully saturated rings. The molecule has 0 saturated heterocycles. The Morgan fingerprint density at radius 3 is 2.38 bits per heavy atom. The van der Waals surface area contributed by atoms with Crippen LogP contribution in [0.25, 0.3) is 11.1 Å². The molecule has 0 amide bonds. The quantitative estimate of drug-likeness (QED) is 0.770. The summed E-state index contributed by atoms with van der Waals surface area (Å²) in [6, 6.07) is 8.42. The average molecular weight is 214 g/mol. The van der Waals surface area contributed by atoms with Gasteiger partial charge in [0.05, 0.1) is 6.20 Å². The van der Waals surface area contributed by atoms with E-state index in [1.807, 2.05) is 6.20 Å². The van der Waals surface area contributed by atoms with Crippen molar-refractivity contribution in [3.63, 3.8) is 0 Å². The third-order valence-corrected chi connectivity index (χ3v) is 2.82. The van der Waals surface area contributed by atoms with E-state index in [1.165, 1.54) is 22.4 Å². The summed E-state index contributed by atoms with van der Waals surface area (Å²) in [6.07, 6.45) is 1.92. The van der Waals surface area contributed by atoms with Crippen LogP contribution in [0.5, 0.6) is 0 Å². The third kappa shape index (κ3) is 1.87. The van der Waals surface area contributed by atoms with Crippen molar-refractivity contribution >= 4 is 0 Å².